The van der Waals surface area contributed by atoms with Crippen molar-refractivity contribution in [2.45, 2.75) is 51.2 Å². The molecule has 1 aliphatic rings. The zero-order valence-electron chi connectivity index (χ0n) is 12.9. The monoisotopic (exact) mass is 294 g/mol. The number of nitrogens with one attached hydrogen (secondary N) is 2. The highest BCUT2D eigenvalue weighted by atomic mass is 32.2. The van der Waals surface area contributed by atoms with Crippen LogP contribution in [0.3, 0.4) is 0 Å². The van der Waals surface area contributed by atoms with Crippen LogP contribution in [0.15, 0.2) is 11.2 Å². The highest BCUT2D eigenvalue weighted by Gasteiger charge is 2.24. The second kappa shape index (κ2) is 7.16. The Labute approximate surface area is 126 Å². The molecule has 0 amide bonds. The highest BCUT2D eigenvalue weighted by Crippen LogP contribution is 2.30. The number of thioether (sulfide) groups is 1. The molecule has 2 atom stereocenters. The van der Waals surface area contributed by atoms with E-state index in [0.29, 0.717) is 6.04 Å². The molecule has 0 spiro atoms. The van der Waals surface area contributed by atoms with Gasteiger partial charge in [-0.05, 0) is 44.3 Å². The summed E-state index contributed by atoms with van der Waals surface area (Å²) in [4.78, 5) is 9.04. The summed E-state index contributed by atoms with van der Waals surface area (Å²) >= 11 is 1.58. The van der Waals surface area contributed by atoms with Gasteiger partial charge in [0.2, 0.25) is 0 Å². The Kier molecular flexibility index (Phi) is 5.52. The van der Waals surface area contributed by atoms with Crippen molar-refractivity contribution in [3.63, 3.8) is 0 Å². The maximum Gasteiger partial charge on any atom is 0.191 e. The van der Waals surface area contributed by atoms with Crippen molar-refractivity contribution >= 4 is 23.4 Å². The van der Waals surface area contributed by atoms with Crippen LogP contribution in [-0.4, -0.2) is 28.8 Å². The third-order valence-corrected chi connectivity index (χ3v) is 4.32. The van der Waals surface area contributed by atoms with Crippen molar-refractivity contribution in [2.75, 3.05) is 23.4 Å². The van der Waals surface area contributed by atoms with Crippen LogP contribution in [-0.2, 0) is 0 Å². The van der Waals surface area contributed by atoms with Gasteiger partial charge in [-0.25, -0.2) is 9.97 Å². The van der Waals surface area contributed by atoms with Crippen LogP contribution >= 0.6 is 11.8 Å². The quantitative estimate of drug-likeness (QED) is 0.638. The van der Waals surface area contributed by atoms with E-state index in [-0.39, 0.29) is 0 Å². The molecular formula is C15H26N4S. The first-order valence-corrected chi connectivity index (χ1v) is 8.76. The van der Waals surface area contributed by atoms with Crippen molar-refractivity contribution in [2.24, 2.45) is 11.8 Å². The summed E-state index contributed by atoms with van der Waals surface area (Å²) in [5.41, 5.74) is 0. The number of aromatic nitrogens is 2. The van der Waals surface area contributed by atoms with Crippen LogP contribution in [0.2, 0.25) is 0 Å². The highest BCUT2D eigenvalue weighted by molar-refractivity contribution is 7.98. The number of hydrogen-bond acceptors (Lipinski definition) is 5. The average molecular weight is 294 g/mol. The van der Waals surface area contributed by atoms with Crippen molar-refractivity contribution < 1.29 is 0 Å². The Bertz CT molecular complexity index is 428. The molecule has 5 heteroatoms. The second-order valence-corrected chi connectivity index (χ2v) is 6.69. The summed E-state index contributed by atoms with van der Waals surface area (Å²) < 4.78 is 0. The summed E-state index contributed by atoms with van der Waals surface area (Å²) in [6, 6.07) is 2.56. The Hall–Kier alpha value is -0.970. The lowest BCUT2D eigenvalue weighted by Gasteiger charge is -2.32. The van der Waals surface area contributed by atoms with E-state index in [2.05, 4.69) is 41.4 Å². The SMILES string of the molecule is CCNc1cc(NC2CC(C)CC(C)C2)nc(SC)n1. The van der Waals surface area contributed by atoms with Crippen molar-refractivity contribution in [1.29, 1.82) is 0 Å². The van der Waals surface area contributed by atoms with E-state index in [1.54, 1.807) is 11.8 Å². The topological polar surface area (TPSA) is 49.8 Å². The van der Waals surface area contributed by atoms with Gasteiger partial charge < -0.3 is 10.6 Å². The van der Waals surface area contributed by atoms with E-state index < -0.39 is 0 Å². The minimum absolute atomic E-state index is 0.535. The lowest BCUT2D eigenvalue weighted by Crippen LogP contribution is -2.30. The van der Waals surface area contributed by atoms with E-state index in [9.17, 15) is 0 Å². The maximum absolute atomic E-state index is 4.58. The fourth-order valence-corrected chi connectivity index (χ4v) is 3.52. The van der Waals surface area contributed by atoms with Gasteiger partial charge in [0.15, 0.2) is 5.16 Å². The fourth-order valence-electron chi connectivity index (χ4n) is 3.14. The maximum atomic E-state index is 4.58. The molecule has 1 saturated carbocycles. The molecule has 0 aromatic carbocycles. The molecule has 2 unspecified atom stereocenters. The Morgan fingerprint density at radius 2 is 1.80 bits per heavy atom. The normalized spacial score (nSPS) is 26.3. The van der Waals surface area contributed by atoms with Gasteiger partial charge in [0.05, 0.1) is 0 Å². The predicted molar refractivity (Wildman–Crippen MR) is 87.6 cm³/mol. The van der Waals surface area contributed by atoms with E-state index in [1.165, 1.54) is 19.3 Å². The van der Waals surface area contributed by atoms with Gasteiger partial charge in [0, 0.05) is 18.7 Å². The zero-order chi connectivity index (χ0) is 14.5. The van der Waals surface area contributed by atoms with E-state index in [4.69, 9.17) is 0 Å². The van der Waals surface area contributed by atoms with Crippen LogP contribution < -0.4 is 10.6 Å². The van der Waals surface area contributed by atoms with E-state index >= 15 is 0 Å². The van der Waals surface area contributed by atoms with Crippen LogP contribution in [0.5, 0.6) is 0 Å². The van der Waals surface area contributed by atoms with Gasteiger partial charge in [0.1, 0.15) is 11.6 Å². The third-order valence-electron chi connectivity index (χ3n) is 3.78. The van der Waals surface area contributed by atoms with E-state index in [0.717, 1.165) is 35.2 Å². The van der Waals surface area contributed by atoms with Gasteiger partial charge in [-0.2, -0.15) is 0 Å². The first-order valence-electron chi connectivity index (χ1n) is 7.54. The Balaban J connectivity index is 2.09. The predicted octanol–water partition coefficient (Wildman–Crippen LogP) is 3.87. The fraction of sp³-hybridized carbons (Fsp3) is 0.733. The molecule has 2 N–H and O–H groups in total. The molecule has 0 aliphatic heterocycles. The summed E-state index contributed by atoms with van der Waals surface area (Å²) in [5.74, 6) is 3.45. The first kappa shape index (κ1) is 15.4. The van der Waals surface area contributed by atoms with Gasteiger partial charge in [-0.1, -0.05) is 25.6 Å². The minimum atomic E-state index is 0.535. The molecule has 1 aromatic rings. The standard InChI is InChI=1S/C15H26N4S/c1-5-16-13-9-14(19-15(18-13)20-4)17-12-7-10(2)6-11(3)8-12/h9-12H,5-8H2,1-4H3,(H2,16,17,18,19). The average Bonchev–Trinajstić information content (AvgIpc) is 2.37. The van der Waals surface area contributed by atoms with Gasteiger partial charge >= 0.3 is 0 Å². The second-order valence-electron chi connectivity index (χ2n) is 5.91. The number of hydrogen-bond donors (Lipinski definition) is 2. The molecule has 1 aromatic heterocycles. The minimum Gasteiger partial charge on any atom is -0.370 e. The molecule has 2 rings (SSSR count). The molecule has 20 heavy (non-hydrogen) atoms. The Morgan fingerprint density at radius 1 is 1.15 bits per heavy atom. The molecule has 4 nitrogen and oxygen atoms in total. The van der Waals surface area contributed by atoms with Gasteiger partial charge in [-0.3, -0.25) is 0 Å². The van der Waals surface area contributed by atoms with Crippen molar-refractivity contribution in [3.05, 3.63) is 6.07 Å². The van der Waals surface area contributed by atoms with Gasteiger partial charge in [0.25, 0.3) is 0 Å². The van der Waals surface area contributed by atoms with E-state index in [1.807, 2.05) is 12.3 Å². The third kappa shape index (κ3) is 4.27. The molecule has 0 saturated heterocycles. The summed E-state index contributed by atoms with van der Waals surface area (Å²) in [6.07, 6.45) is 5.83. The summed E-state index contributed by atoms with van der Waals surface area (Å²) in [5, 5.41) is 7.71. The molecule has 0 bridgehead atoms. The van der Waals surface area contributed by atoms with Crippen LogP contribution in [0.25, 0.3) is 0 Å². The molecule has 1 heterocycles. The van der Waals surface area contributed by atoms with Crippen LogP contribution in [0, 0.1) is 11.8 Å². The number of nitrogens with zero attached hydrogens (tertiary/aromatic N) is 2. The summed E-state index contributed by atoms with van der Waals surface area (Å²) in [6.45, 7) is 7.66. The molecular weight excluding hydrogens is 268 g/mol. The molecule has 112 valence electrons. The van der Waals surface area contributed by atoms with Crippen molar-refractivity contribution in [1.82, 2.24) is 9.97 Å². The van der Waals surface area contributed by atoms with Crippen molar-refractivity contribution in [3.8, 4) is 0 Å². The van der Waals surface area contributed by atoms with Crippen LogP contribution in [0.4, 0.5) is 11.6 Å². The van der Waals surface area contributed by atoms with Crippen LogP contribution in [0.1, 0.15) is 40.0 Å². The smallest absolute Gasteiger partial charge is 0.191 e. The lowest BCUT2D eigenvalue weighted by atomic mass is 9.80. The largest absolute Gasteiger partial charge is 0.370 e. The zero-order valence-corrected chi connectivity index (χ0v) is 13.8. The molecule has 1 fully saturated rings. The number of rotatable bonds is 5. The number of anilines is 2. The molecule has 1 aliphatic carbocycles. The first-order chi connectivity index (χ1) is 9.60. The van der Waals surface area contributed by atoms with Gasteiger partial charge in [-0.15, -0.1) is 0 Å². The lowest BCUT2D eigenvalue weighted by molar-refractivity contribution is 0.280. The molecule has 0 radical (unpaired) electrons. The summed E-state index contributed by atoms with van der Waals surface area (Å²) in [7, 11) is 0. The Morgan fingerprint density at radius 3 is 2.40 bits per heavy atom.